The Kier molecular flexibility index (Phi) is 1.30. The summed E-state index contributed by atoms with van der Waals surface area (Å²) < 4.78 is 0. The molecule has 3 heterocycles. The van der Waals surface area contributed by atoms with Crippen molar-refractivity contribution in [2.45, 2.75) is 6.54 Å². The number of hydrogen-bond donors (Lipinski definition) is 0. The van der Waals surface area contributed by atoms with Crippen LogP contribution in [-0.2, 0) is 6.54 Å². The van der Waals surface area contributed by atoms with Crippen molar-refractivity contribution in [3.8, 4) is 0 Å². The number of hydroxylamine groups is 1. The molecule has 0 fully saturated rings. The fourth-order valence-corrected chi connectivity index (χ4v) is 1.62. The molecule has 68 valence electrons. The molecule has 0 radical (unpaired) electrons. The van der Waals surface area contributed by atoms with Gasteiger partial charge in [0.1, 0.15) is 0 Å². The Morgan fingerprint density at radius 2 is 2.29 bits per heavy atom. The molecule has 0 unspecified atom stereocenters. The highest BCUT2D eigenvalue weighted by Crippen LogP contribution is 2.30. The molecule has 0 amide bonds. The summed E-state index contributed by atoms with van der Waals surface area (Å²) in [4.78, 5) is 8.89. The molecule has 5 nitrogen and oxygen atoms in total. The second kappa shape index (κ2) is 2.47. The lowest BCUT2D eigenvalue weighted by Crippen LogP contribution is -1.94. The summed E-state index contributed by atoms with van der Waals surface area (Å²) in [5.41, 5.74) is 2.23. The molecule has 1 aliphatic rings. The summed E-state index contributed by atoms with van der Waals surface area (Å²) in [5, 5.41) is 15.7. The van der Waals surface area contributed by atoms with Crippen LogP contribution in [0.2, 0.25) is 0 Å². The first kappa shape index (κ1) is 7.37. The molecule has 0 N–H and O–H groups in total. The summed E-state index contributed by atoms with van der Waals surface area (Å²) in [6.07, 6.45) is 3.27. The van der Waals surface area contributed by atoms with Crippen LogP contribution in [0, 0.1) is 5.21 Å². The van der Waals surface area contributed by atoms with Crippen LogP contribution in [0.25, 0.3) is 11.0 Å². The molecule has 3 rings (SSSR count). The highest BCUT2D eigenvalue weighted by molar-refractivity contribution is 5.82. The molecule has 2 aromatic rings. The predicted molar refractivity (Wildman–Crippen MR) is 49.0 cm³/mol. The van der Waals surface area contributed by atoms with Gasteiger partial charge in [-0.1, -0.05) is 4.86 Å². The third kappa shape index (κ3) is 0.891. The minimum atomic E-state index is 0.292. The lowest BCUT2D eigenvalue weighted by Gasteiger charge is -1.97. The summed E-state index contributed by atoms with van der Waals surface area (Å²) in [5.74, 6) is 0. The minimum absolute atomic E-state index is 0.292. The van der Waals surface area contributed by atoms with Crippen molar-refractivity contribution >= 4 is 16.7 Å². The van der Waals surface area contributed by atoms with Gasteiger partial charge in [-0.15, -0.1) is 0 Å². The quantitative estimate of drug-likeness (QED) is 0.465. The fourth-order valence-electron chi connectivity index (χ4n) is 1.62. The number of aromatic nitrogens is 2. The van der Waals surface area contributed by atoms with Crippen molar-refractivity contribution in [2.75, 3.05) is 0 Å². The van der Waals surface area contributed by atoms with Crippen LogP contribution < -0.4 is 0 Å². The Labute approximate surface area is 79.3 Å². The molecule has 5 heteroatoms. The summed E-state index contributed by atoms with van der Waals surface area (Å²) in [6, 6.07) is 3.74. The number of azo groups is 1. The van der Waals surface area contributed by atoms with Crippen molar-refractivity contribution in [1.82, 2.24) is 9.97 Å². The first-order valence-electron chi connectivity index (χ1n) is 4.23. The van der Waals surface area contributed by atoms with Gasteiger partial charge in [-0.2, -0.15) is 0 Å². The highest BCUT2D eigenvalue weighted by Gasteiger charge is 2.20. The van der Waals surface area contributed by atoms with E-state index < -0.39 is 0 Å². The van der Waals surface area contributed by atoms with Gasteiger partial charge in [0.25, 0.3) is 0 Å². The maximum Gasteiger partial charge on any atom is 0.209 e. The Bertz CT molecular complexity index is 550. The van der Waals surface area contributed by atoms with Crippen LogP contribution in [0.5, 0.6) is 0 Å². The van der Waals surface area contributed by atoms with E-state index in [0.29, 0.717) is 22.7 Å². The van der Waals surface area contributed by atoms with Crippen LogP contribution in [0.3, 0.4) is 0 Å². The van der Waals surface area contributed by atoms with Gasteiger partial charge in [0.2, 0.25) is 6.54 Å². The Hall–Kier alpha value is -2.04. The summed E-state index contributed by atoms with van der Waals surface area (Å²) in [7, 11) is 0. The van der Waals surface area contributed by atoms with E-state index in [1.807, 2.05) is 12.1 Å². The van der Waals surface area contributed by atoms with Crippen LogP contribution in [-0.4, -0.2) is 14.8 Å². The highest BCUT2D eigenvalue weighted by atomic mass is 16.5. The molecule has 0 atom stereocenters. The van der Waals surface area contributed by atoms with Gasteiger partial charge in [0.05, 0.1) is 11.8 Å². The fraction of sp³-hybridized carbons (Fsp3) is 0.111. The summed E-state index contributed by atoms with van der Waals surface area (Å²) >= 11 is 0. The standard InChI is InChI=1S/C9H6N4O/c14-13-5-7-6-2-1-3-10-9(6)11-4-8(7)12-13/h1-4H,5H2. The number of hydrogen-bond acceptors (Lipinski definition) is 4. The largest absolute Gasteiger partial charge is 0.599 e. The lowest BCUT2D eigenvalue weighted by atomic mass is 10.1. The Balaban J connectivity index is 2.38. The number of rotatable bonds is 0. The number of nitrogens with zero attached hydrogens (tertiary/aromatic N) is 4. The first-order chi connectivity index (χ1) is 6.84. The molecule has 1 aliphatic heterocycles. The molecule has 0 bridgehead atoms. The summed E-state index contributed by atoms with van der Waals surface area (Å²) in [6.45, 7) is 0.292. The minimum Gasteiger partial charge on any atom is -0.599 e. The monoisotopic (exact) mass is 186 g/mol. The van der Waals surface area contributed by atoms with Gasteiger partial charge in [-0.25, -0.2) is 9.97 Å². The topological polar surface area (TPSA) is 64.2 Å². The van der Waals surface area contributed by atoms with Crippen molar-refractivity contribution in [3.05, 3.63) is 35.3 Å². The van der Waals surface area contributed by atoms with Crippen molar-refractivity contribution in [3.63, 3.8) is 0 Å². The molecule has 2 aromatic heterocycles. The Morgan fingerprint density at radius 3 is 3.21 bits per heavy atom. The first-order valence-corrected chi connectivity index (χ1v) is 4.23. The molecular weight excluding hydrogens is 180 g/mol. The normalized spacial score (nSPS) is 14.1. The molecule has 14 heavy (non-hydrogen) atoms. The zero-order valence-electron chi connectivity index (χ0n) is 7.21. The smallest absolute Gasteiger partial charge is 0.209 e. The van der Waals surface area contributed by atoms with E-state index >= 15 is 0 Å². The van der Waals surface area contributed by atoms with Crippen LogP contribution in [0.1, 0.15) is 5.56 Å². The van der Waals surface area contributed by atoms with Crippen molar-refractivity contribution in [1.29, 1.82) is 0 Å². The van der Waals surface area contributed by atoms with Gasteiger partial charge in [0.15, 0.2) is 11.3 Å². The molecule has 0 spiro atoms. The van der Waals surface area contributed by atoms with Crippen molar-refractivity contribution in [2.24, 2.45) is 5.11 Å². The second-order valence-electron chi connectivity index (χ2n) is 3.11. The maximum atomic E-state index is 11.0. The van der Waals surface area contributed by atoms with Crippen LogP contribution in [0.4, 0.5) is 5.69 Å². The average molecular weight is 186 g/mol. The van der Waals surface area contributed by atoms with E-state index in [-0.39, 0.29) is 0 Å². The third-order valence-corrected chi connectivity index (χ3v) is 2.24. The van der Waals surface area contributed by atoms with E-state index in [1.165, 1.54) is 0 Å². The molecule has 0 saturated carbocycles. The SMILES string of the molecule is [O-][N+]1=Nc2cnc3ncccc3c2C1. The van der Waals surface area contributed by atoms with Gasteiger partial charge in [-0.3, -0.25) is 0 Å². The number of fused-ring (bicyclic) bond motifs is 3. The molecular formula is C9H6N4O. The predicted octanol–water partition coefficient (Wildman–Crippen LogP) is 1.74. The van der Waals surface area contributed by atoms with Gasteiger partial charge in [-0.05, 0) is 12.1 Å². The van der Waals surface area contributed by atoms with E-state index in [0.717, 1.165) is 10.9 Å². The van der Waals surface area contributed by atoms with E-state index in [4.69, 9.17) is 0 Å². The van der Waals surface area contributed by atoms with Crippen LogP contribution >= 0.6 is 0 Å². The molecule has 0 aromatic carbocycles. The van der Waals surface area contributed by atoms with E-state index in [2.05, 4.69) is 15.1 Å². The van der Waals surface area contributed by atoms with E-state index in [1.54, 1.807) is 12.4 Å². The molecule has 0 aliphatic carbocycles. The van der Waals surface area contributed by atoms with Gasteiger partial charge < -0.3 is 5.21 Å². The lowest BCUT2D eigenvalue weighted by molar-refractivity contribution is -0.533. The number of pyridine rings is 2. The van der Waals surface area contributed by atoms with Gasteiger partial charge in [0, 0.05) is 16.7 Å². The zero-order chi connectivity index (χ0) is 9.54. The second-order valence-corrected chi connectivity index (χ2v) is 3.11. The maximum absolute atomic E-state index is 11.0. The van der Waals surface area contributed by atoms with Crippen LogP contribution in [0.15, 0.2) is 29.6 Å². The average Bonchev–Trinajstić information content (AvgIpc) is 2.59. The van der Waals surface area contributed by atoms with Crippen molar-refractivity contribution < 1.29 is 4.86 Å². The Morgan fingerprint density at radius 1 is 1.36 bits per heavy atom. The van der Waals surface area contributed by atoms with Gasteiger partial charge >= 0.3 is 0 Å². The molecule has 0 saturated heterocycles. The zero-order valence-corrected chi connectivity index (χ0v) is 7.21. The third-order valence-electron chi connectivity index (χ3n) is 2.24. The van der Waals surface area contributed by atoms with E-state index in [9.17, 15) is 5.21 Å².